The van der Waals surface area contributed by atoms with E-state index in [0.717, 1.165) is 0 Å². The van der Waals surface area contributed by atoms with Crippen molar-refractivity contribution in [2.45, 2.75) is 48.0 Å². The summed E-state index contributed by atoms with van der Waals surface area (Å²) >= 11 is 0. The number of hydrogen-bond acceptors (Lipinski definition) is 0. The Morgan fingerprint density at radius 3 is 1.14 bits per heavy atom. The zero-order valence-corrected chi connectivity index (χ0v) is 10.8. The Balaban J connectivity index is 0. The summed E-state index contributed by atoms with van der Waals surface area (Å²) in [5, 5.41) is 0. The van der Waals surface area contributed by atoms with E-state index in [1.54, 1.807) is 0 Å². The largest absolute Gasteiger partial charge is 0.311 e. The topological polar surface area (TPSA) is 42.8 Å². The van der Waals surface area contributed by atoms with Crippen LogP contribution in [0.5, 0.6) is 0 Å². The fraction of sp³-hybridized carbons (Fsp3) is 0.818. The molecular formula is C11H22CuO2+2. The van der Waals surface area contributed by atoms with Crippen LogP contribution in [0.15, 0.2) is 0 Å². The zero-order chi connectivity index (χ0) is 10.9. The van der Waals surface area contributed by atoms with Gasteiger partial charge in [-0.25, -0.2) is 0 Å². The van der Waals surface area contributed by atoms with Gasteiger partial charge in [0.1, 0.15) is 0 Å². The zero-order valence-electron chi connectivity index (χ0n) is 9.90. The maximum atomic E-state index is 9.66. The van der Waals surface area contributed by atoms with Crippen LogP contribution in [0.4, 0.5) is 0 Å². The average molecular weight is 250 g/mol. The van der Waals surface area contributed by atoms with Crippen molar-refractivity contribution in [1.29, 1.82) is 0 Å². The molecule has 0 rings (SSSR count). The first-order valence-electron chi connectivity index (χ1n) is 4.65. The van der Waals surface area contributed by atoms with Gasteiger partial charge in [-0.1, -0.05) is 0 Å². The molecule has 0 aliphatic rings. The summed E-state index contributed by atoms with van der Waals surface area (Å²) in [6, 6.07) is 0. The van der Waals surface area contributed by atoms with E-state index in [-0.39, 0.29) is 34.3 Å². The van der Waals surface area contributed by atoms with Crippen molar-refractivity contribution >= 4 is 11.6 Å². The Morgan fingerprint density at radius 2 is 1.00 bits per heavy atom. The summed E-state index contributed by atoms with van der Waals surface area (Å²) in [5.74, 6) is 0.667. The molecule has 0 aliphatic heterocycles. The molecule has 0 fully saturated rings. The Morgan fingerprint density at radius 1 is 0.786 bits per heavy atom. The number of carbonyl (C=O) groups excluding carboxylic acids is 2. The second-order valence-corrected chi connectivity index (χ2v) is 5.57. The monoisotopic (exact) mass is 249 g/mol. The SMILES string of the molecule is CC(C)(C)C(=[OH+])CC(=[OH+])C(C)(C)C.[Cu]. The number of rotatable bonds is 2. The molecule has 0 spiro atoms. The van der Waals surface area contributed by atoms with Crippen LogP contribution in [-0.2, 0) is 17.1 Å². The molecule has 0 heterocycles. The second kappa shape index (κ2) is 5.09. The van der Waals surface area contributed by atoms with Crippen LogP contribution >= 0.6 is 0 Å². The normalized spacial score (nSPS) is 11.9. The van der Waals surface area contributed by atoms with Crippen LogP contribution in [0, 0.1) is 10.8 Å². The van der Waals surface area contributed by atoms with Crippen LogP contribution in [0.25, 0.3) is 0 Å². The van der Waals surface area contributed by atoms with Crippen LogP contribution < -0.4 is 0 Å². The summed E-state index contributed by atoms with van der Waals surface area (Å²) in [6.45, 7) is 11.6. The van der Waals surface area contributed by atoms with Gasteiger partial charge in [0.2, 0.25) is 0 Å². The third-order valence-corrected chi connectivity index (χ3v) is 2.07. The molecular weight excluding hydrogens is 228 g/mol. The van der Waals surface area contributed by atoms with Crippen LogP contribution in [0.1, 0.15) is 48.0 Å². The predicted octanol–water partition coefficient (Wildman–Crippen LogP) is 2.56. The fourth-order valence-corrected chi connectivity index (χ4v) is 0.689. The van der Waals surface area contributed by atoms with E-state index in [2.05, 4.69) is 0 Å². The number of ketones is 2. The minimum Gasteiger partial charge on any atom is -0.282 e. The van der Waals surface area contributed by atoms with Crippen molar-refractivity contribution in [2.75, 3.05) is 0 Å². The predicted molar refractivity (Wildman–Crippen MR) is 57.4 cm³/mol. The third kappa shape index (κ3) is 5.56. The van der Waals surface area contributed by atoms with Gasteiger partial charge < -0.3 is 0 Å². The Labute approximate surface area is 97.3 Å². The molecule has 0 atom stereocenters. The molecule has 0 amide bonds. The maximum absolute atomic E-state index is 9.66. The van der Waals surface area contributed by atoms with E-state index < -0.39 is 0 Å². The molecule has 0 aromatic rings. The van der Waals surface area contributed by atoms with E-state index in [1.165, 1.54) is 0 Å². The van der Waals surface area contributed by atoms with E-state index in [0.29, 0.717) is 11.6 Å². The van der Waals surface area contributed by atoms with E-state index in [1.807, 2.05) is 41.5 Å². The molecule has 3 heteroatoms. The van der Waals surface area contributed by atoms with Crippen molar-refractivity contribution in [2.24, 2.45) is 10.8 Å². The first kappa shape index (κ1) is 16.3. The molecule has 2 nitrogen and oxygen atoms in total. The molecule has 87 valence electrons. The van der Waals surface area contributed by atoms with Gasteiger partial charge in [-0.2, -0.15) is 0 Å². The quantitative estimate of drug-likeness (QED) is 0.410. The third-order valence-electron chi connectivity index (χ3n) is 2.07. The van der Waals surface area contributed by atoms with Crippen LogP contribution in [0.2, 0.25) is 0 Å². The average Bonchev–Trinajstić information content (AvgIpc) is 1.82. The van der Waals surface area contributed by atoms with Gasteiger partial charge in [-0.05, 0) is 41.5 Å². The maximum Gasteiger partial charge on any atom is 0.311 e. The minimum atomic E-state index is -0.251. The van der Waals surface area contributed by atoms with Gasteiger partial charge in [0.05, 0.1) is 10.8 Å². The molecule has 0 saturated heterocycles. The Kier molecular flexibility index (Phi) is 5.92. The van der Waals surface area contributed by atoms with Gasteiger partial charge in [-0.15, -0.1) is 0 Å². The number of hydrogen-bond donors (Lipinski definition) is 0. The summed E-state index contributed by atoms with van der Waals surface area (Å²) in [6.07, 6.45) is 0.285. The molecule has 0 saturated carbocycles. The van der Waals surface area contributed by atoms with Crippen molar-refractivity contribution in [3.05, 3.63) is 0 Å². The molecule has 2 N–H and O–H groups in total. The van der Waals surface area contributed by atoms with E-state index >= 15 is 0 Å². The Hall–Kier alpha value is -0.141. The van der Waals surface area contributed by atoms with Crippen molar-refractivity contribution in [3.63, 3.8) is 0 Å². The molecule has 0 aromatic heterocycles. The van der Waals surface area contributed by atoms with Crippen molar-refractivity contribution in [3.8, 4) is 0 Å². The molecule has 0 aromatic carbocycles. The van der Waals surface area contributed by atoms with Crippen LogP contribution in [0.3, 0.4) is 0 Å². The Bertz CT molecular complexity index is 194. The molecule has 14 heavy (non-hydrogen) atoms. The fourth-order valence-electron chi connectivity index (χ4n) is 0.689. The van der Waals surface area contributed by atoms with Gasteiger partial charge in [0, 0.05) is 17.1 Å². The van der Waals surface area contributed by atoms with Crippen molar-refractivity contribution < 1.29 is 26.7 Å². The van der Waals surface area contributed by atoms with E-state index in [4.69, 9.17) is 0 Å². The van der Waals surface area contributed by atoms with Crippen molar-refractivity contribution in [1.82, 2.24) is 0 Å². The van der Waals surface area contributed by atoms with Gasteiger partial charge in [0.15, 0.2) is 6.42 Å². The molecule has 1 radical (unpaired) electrons. The molecule has 0 bridgehead atoms. The van der Waals surface area contributed by atoms with Gasteiger partial charge >= 0.3 is 11.6 Å². The molecule has 0 aliphatic carbocycles. The first-order chi connectivity index (χ1) is 5.55. The summed E-state index contributed by atoms with van der Waals surface area (Å²) in [7, 11) is 0. The second-order valence-electron chi connectivity index (χ2n) is 5.57. The smallest absolute Gasteiger partial charge is 0.282 e. The van der Waals surface area contributed by atoms with E-state index in [9.17, 15) is 9.59 Å². The van der Waals surface area contributed by atoms with Gasteiger partial charge in [0.25, 0.3) is 0 Å². The summed E-state index contributed by atoms with van der Waals surface area (Å²) in [5.41, 5.74) is -0.502. The first-order valence-corrected chi connectivity index (χ1v) is 4.65. The minimum absolute atomic E-state index is 0. The summed E-state index contributed by atoms with van der Waals surface area (Å²) in [4.78, 5) is 19.3. The molecule has 0 unspecified atom stereocenters. The van der Waals surface area contributed by atoms with Crippen LogP contribution in [-0.4, -0.2) is 21.2 Å². The van der Waals surface area contributed by atoms with Gasteiger partial charge in [-0.3, -0.25) is 9.59 Å². The standard InChI is InChI=1S/C11H20O2.Cu/c1-10(2,3)8(12)7-9(13)11(4,5)6;/h7H2,1-6H3;/p+2. The summed E-state index contributed by atoms with van der Waals surface area (Å²) < 4.78 is 0.